The number of rotatable bonds is 3. The van der Waals surface area contributed by atoms with Crippen molar-refractivity contribution in [3.05, 3.63) is 29.8 Å². The largest absolute Gasteiger partial charge is 0.371 e. The number of nitriles is 1. The fourth-order valence-electron chi connectivity index (χ4n) is 2.54. The second kappa shape index (κ2) is 5.72. The first-order chi connectivity index (χ1) is 8.33. The smallest absolute Gasteiger partial charge is 0.0625 e. The number of nitrogens with zero attached hydrogens (tertiary/aromatic N) is 2. The molecule has 0 radical (unpaired) electrons. The second-order valence-corrected chi connectivity index (χ2v) is 4.84. The molecule has 2 nitrogen and oxygen atoms in total. The lowest BCUT2D eigenvalue weighted by molar-refractivity contribution is 0.422. The first-order valence-corrected chi connectivity index (χ1v) is 6.54. The van der Waals surface area contributed by atoms with Crippen LogP contribution in [0.4, 0.5) is 5.69 Å². The Bertz CT molecular complexity index is 388. The third-order valence-electron chi connectivity index (χ3n) is 3.61. The molecule has 0 amide bonds. The topological polar surface area (TPSA) is 27.0 Å². The monoisotopic (exact) mass is 228 g/mol. The third-order valence-corrected chi connectivity index (χ3v) is 3.61. The molecule has 1 atom stereocenters. The predicted molar refractivity (Wildman–Crippen MR) is 71.0 cm³/mol. The van der Waals surface area contributed by atoms with Gasteiger partial charge in [0, 0.05) is 25.2 Å². The van der Waals surface area contributed by atoms with E-state index in [4.69, 9.17) is 5.26 Å². The maximum atomic E-state index is 8.78. The second-order valence-electron chi connectivity index (χ2n) is 4.84. The van der Waals surface area contributed by atoms with Crippen molar-refractivity contribution in [2.45, 2.75) is 32.6 Å². The van der Waals surface area contributed by atoms with Gasteiger partial charge in [-0.3, -0.25) is 0 Å². The lowest BCUT2D eigenvalue weighted by Gasteiger charge is -2.33. The molecular weight excluding hydrogens is 208 g/mol. The molecule has 1 heterocycles. The summed E-state index contributed by atoms with van der Waals surface area (Å²) in [5.41, 5.74) is 2.70. The quantitative estimate of drug-likeness (QED) is 0.793. The molecule has 1 aromatic rings. The summed E-state index contributed by atoms with van der Waals surface area (Å²) < 4.78 is 0. The normalized spacial score (nSPS) is 20.0. The Hall–Kier alpha value is -1.49. The highest BCUT2D eigenvalue weighted by molar-refractivity contribution is 5.48. The Morgan fingerprint density at radius 3 is 2.76 bits per heavy atom. The minimum Gasteiger partial charge on any atom is -0.371 e. The van der Waals surface area contributed by atoms with E-state index < -0.39 is 0 Å². The molecule has 0 N–H and O–H groups in total. The van der Waals surface area contributed by atoms with E-state index in [1.807, 2.05) is 0 Å². The fourth-order valence-corrected chi connectivity index (χ4v) is 2.54. The summed E-state index contributed by atoms with van der Waals surface area (Å²) in [4.78, 5) is 2.42. The Balaban J connectivity index is 2.03. The van der Waals surface area contributed by atoms with Gasteiger partial charge in [-0.15, -0.1) is 0 Å². The van der Waals surface area contributed by atoms with Gasteiger partial charge in [0.2, 0.25) is 0 Å². The van der Waals surface area contributed by atoms with Crippen molar-refractivity contribution in [3.63, 3.8) is 0 Å². The van der Waals surface area contributed by atoms with Crippen LogP contribution in [-0.2, 0) is 6.42 Å². The summed E-state index contributed by atoms with van der Waals surface area (Å²) in [6, 6.07) is 11.2. The summed E-state index contributed by atoms with van der Waals surface area (Å²) >= 11 is 0. The number of anilines is 1. The zero-order chi connectivity index (χ0) is 12.1. The molecular formula is C15H20N2. The number of hydrogen-bond acceptors (Lipinski definition) is 2. The Kier molecular flexibility index (Phi) is 4.03. The van der Waals surface area contributed by atoms with Crippen LogP contribution in [0, 0.1) is 17.2 Å². The van der Waals surface area contributed by atoms with Crippen LogP contribution >= 0.6 is 0 Å². The maximum Gasteiger partial charge on any atom is 0.0625 e. The molecule has 1 unspecified atom stereocenters. The zero-order valence-electron chi connectivity index (χ0n) is 10.5. The molecule has 1 saturated heterocycles. The van der Waals surface area contributed by atoms with Crippen LogP contribution in [-0.4, -0.2) is 13.1 Å². The molecule has 2 heteroatoms. The first-order valence-electron chi connectivity index (χ1n) is 6.54. The molecule has 1 aromatic carbocycles. The summed E-state index contributed by atoms with van der Waals surface area (Å²) in [6.45, 7) is 4.35. The highest BCUT2D eigenvalue weighted by Crippen LogP contribution is 2.25. The van der Waals surface area contributed by atoms with Gasteiger partial charge in [0.25, 0.3) is 0 Å². The fraction of sp³-hybridized carbons (Fsp3) is 0.533. The number of benzene rings is 1. The van der Waals surface area contributed by atoms with Gasteiger partial charge in [0.1, 0.15) is 0 Å². The van der Waals surface area contributed by atoms with Crippen molar-refractivity contribution < 1.29 is 0 Å². The molecule has 0 spiro atoms. The molecule has 0 bridgehead atoms. The number of aryl methyl sites for hydroxylation is 1. The van der Waals surface area contributed by atoms with E-state index in [1.54, 1.807) is 0 Å². The minimum atomic E-state index is 0.555. The Labute approximate surface area is 104 Å². The molecule has 2 rings (SSSR count). The van der Waals surface area contributed by atoms with E-state index in [2.05, 4.69) is 42.2 Å². The van der Waals surface area contributed by atoms with Crippen LogP contribution in [0.3, 0.4) is 0 Å². The highest BCUT2D eigenvalue weighted by atomic mass is 15.1. The van der Waals surface area contributed by atoms with E-state index in [9.17, 15) is 0 Å². The molecule has 0 aliphatic carbocycles. The van der Waals surface area contributed by atoms with E-state index >= 15 is 0 Å². The molecule has 1 fully saturated rings. The average Bonchev–Trinajstić information content (AvgIpc) is 2.40. The number of hydrogen-bond donors (Lipinski definition) is 0. The standard InChI is InChI=1S/C15H20N2/c1-2-13-5-7-15(8-6-13)17-11-3-4-14(12-17)9-10-16/h5-8,14H,2-4,9,11-12H2,1H3. The van der Waals surface area contributed by atoms with Crippen LogP contribution in [0.5, 0.6) is 0 Å². The van der Waals surface area contributed by atoms with Crippen LogP contribution in [0.2, 0.25) is 0 Å². The van der Waals surface area contributed by atoms with E-state index in [0.29, 0.717) is 12.3 Å². The first kappa shape index (κ1) is 12.0. The van der Waals surface area contributed by atoms with Gasteiger partial charge >= 0.3 is 0 Å². The lowest BCUT2D eigenvalue weighted by Crippen LogP contribution is -2.35. The average molecular weight is 228 g/mol. The highest BCUT2D eigenvalue weighted by Gasteiger charge is 2.19. The third kappa shape index (κ3) is 3.00. The van der Waals surface area contributed by atoms with Crippen LogP contribution in [0.25, 0.3) is 0 Å². The van der Waals surface area contributed by atoms with Crippen LogP contribution < -0.4 is 4.90 Å². The zero-order valence-corrected chi connectivity index (χ0v) is 10.5. The van der Waals surface area contributed by atoms with Gasteiger partial charge in [0.05, 0.1) is 6.07 Å². The molecule has 0 saturated carbocycles. The molecule has 1 aliphatic heterocycles. The Morgan fingerprint density at radius 2 is 2.12 bits per heavy atom. The van der Waals surface area contributed by atoms with Gasteiger partial charge < -0.3 is 4.90 Å². The predicted octanol–water partition coefficient (Wildman–Crippen LogP) is 3.38. The van der Waals surface area contributed by atoms with E-state index in [-0.39, 0.29) is 0 Å². The molecule has 0 aromatic heterocycles. The summed E-state index contributed by atoms with van der Waals surface area (Å²) in [7, 11) is 0. The van der Waals surface area contributed by atoms with Crippen molar-refractivity contribution in [2.24, 2.45) is 5.92 Å². The summed E-state index contributed by atoms with van der Waals surface area (Å²) in [5, 5.41) is 8.78. The van der Waals surface area contributed by atoms with Gasteiger partial charge in [-0.2, -0.15) is 5.26 Å². The molecule has 1 aliphatic rings. The summed E-state index contributed by atoms with van der Waals surface area (Å²) in [5.74, 6) is 0.555. The van der Waals surface area contributed by atoms with Gasteiger partial charge in [-0.25, -0.2) is 0 Å². The van der Waals surface area contributed by atoms with Crippen LogP contribution in [0.1, 0.15) is 31.7 Å². The van der Waals surface area contributed by atoms with Crippen molar-refractivity contribution in [1.29, 1.82) is 5.26 Å². The summed E-state index contributed by atoms with van der Waals surface area (Å²) in [6.07, 6.45) is 4.21. The molecule has 90 valence electrons. The molecule has 17 heavy (non-hydrogen) atoms. The van der Waals surface area contributed by atoms with Gasteiger partial charge in [-0.05, 0) is 42.9 Å². The van der Waals surface area contributed by atoms with E-state index in [1.165, 1.54) is 24.1 Å². The van der Waals surface area contributed by atoms with Gasteiger partial charge in [-0.1, -0.05) is 19.1 Å². The van der Waals surface area contributed by atoms with Crippen molar-refractivity contribution in [3.8, 4) is 6.07 Å². The minimum absolute atomic E-state index is 0.555. The Morgan fingerprint density at radius 1 is 1.35 bits per heavy atom. The van der Waals surface area contributed by atoms with Crippen molar-refractivity contribution >= 4 is 5.69 Å². The number of piperidine rings is 1. The lowest BCUT2D eigenvalue weighted by atomic mass is 9.95. The van der Waals surface area contributed by atoms with Gasteiger partial charge in [0.15, 0.2) is 0 Å². The van der Waals surface area contributed by atoms with Crippen molar-refractivity contribution in [2.75, 3.05) is 18.0 Å². The SMILES string of the molecule is CCc1ccc(N2CCCC(CC#N)C2)cc1. The maximum absolute atomic E-state index is 8.78. The van der Waals surface area contributed by atoms with Crippen LogP contribution in [0.15, 0.2) is 24.3 Å². The van der Waals surface area contributed by atoms with E-state index in [0.717, 1.165) is 19.5 Å². The van der Waals surface area contributed by atoms with Crippen molar-refractivity contribution in [1.82, 2.24) is 0 Å².